The molecule has 4 rings (SSSR count). The first-order valence-corrected chi connectivity index (χ1v) is 10.6. The van der Waals surface area contributed by atoms with Gasteiger partial charge in [-0.1, -0.05) is 54.1 Å². The monoisotopic (exact) mass is 448 g/mol. The first kappa shape index (κ1) is 21.0. The third kappa shape index (κ3) is 4.60. The number of aromatic nitrogens is 1. The maximum atomic E-state index is 10.9. The fourth-order valence-corrected chi connectivity index (χ4v) is 3.69. The Morgan fingerprint density at radius 1 is 1.06 bits per heavy atom. The van der Waals surface area contributed by atoms with Gasteiger partial charge in [0.15, 0.2) is 5.69 Å². The number of thiocarbonyl (C=S) groups is 1. The second kappa shape index (κ2) is 8.88. The summed E-state index contributed by atoms with van der Waals surface area (Å²) in [6, 6.07) is 21.3. The zero-order valence-electron chi connectivity index (χ0n) is 17.1. The van der Waals surface area contributed by atoms with Crippen LogP contribution in [0.5, 0.6) is 5.88 Å². The van der Waals surface area contributed by atoms with Crippen molar-refractivity contribution in [2.75, 3.05) is 5.32 Å². The SMILES string of the molecule is Cc1ccc(C)c(NC(=S)N=Nc2c(O)n(Cc3ccc(Cl)cc3)c3ccccc23)c1. The maximum absolute atomic E-state index is 10.9. The lowest BCUT2D eigenvalue weighted by Gasteiger charge is -2.08. The highest BCUT2D eigenvalue weighted by Crippen LogP contribution is 2.39. The number of nitrogens with one attached hydrogen (secondary N) is 1. The summed E-state index contributed by atoms with van der Waals surface area (Å²) < 4.78 is 1.80. The van der Waals surface area contributed by atoms with Gasteiger partial charge in [-0.3, -0.25) is 0 Å². The number of fused-ring (bicyclic) bond motifs is 1. The molecule has 0 aliphatic carbocycles. The van der Waals surface area contributed by atoms with E-state index in [9.17, 15) is 5.11 Å². The summed E-state index contributed by atoms with van der Waals surface area (Å²) in [5.74, 6) is 0.0365. The largest absolute Gasteiger partial charge is 0.493 e. The molecular formula is C24H21ClN4OS. The Morgan fingerprint density at radius 3 is 2.58 bits per heavy atom. The molecule has 0 fully saturated rings. The highest BCUT2D eigenvalue weighted by atomic mass is 35.5. The van der Waals surface area contributed by atoms with Crippen LogP contribution in [0.15, 0.2) is 77.0 Å². The Bertz CT molecular complexity index is 1300. The maximum Gasteiger partial charge on any atom is 0.221 e. The quantitative estimate of drug-likeness (QED) is 0.257. The molecule has 0 unspecified atom stereocenters. The lowest BCUT2D eigenvalue weighted by Crippen LogP contribution is -2.06. The smallest absolute Gasteiger partial charge is 0.221 e. The van der Waals surface area contributed by atoms with Crippen molar-refractivity contribution < 1.29 is 5.11 Å². The average Bonchev–Trinajstić information content (AvgIpc) is 3.02. The van der Waals surface area contributed by atoms with Gasteiger partial charge in [0.25, 0.3) is 0 Å². The van der Waals surface area contributed by atoms with Crippen LogP contribution in [-0.4, -0.2) is 14.8 Å². The van der Waals surface area contributed by atoms with E-state index in [-0.39, 0.29) is 11.0 Å². The molecule has 0 saturated carbocycles. The number of halogens is 1. The first-order valence-electron chi connectivity index (χ1n) is 9.77. The molecule has 0 saturated heterocycles. The minimum atomic E-state index is 0.0365. The van der Waals surface area contributed by atoms with Gasteiger partial charge in [0.1, 0.15) is 0 Å². The van der Waals surface area contributed by atoms with Gasteiger partial charge in [-0.2, -0.15) is 0 Å². The molecule has 4 aromatic rings. The molecule has 0 amide bonds. The zero-order valence-corrected chi connectivity index (χ0v) is 18.7. The Labute approximate surface area is 191 Å². The summed E-state index contributed by atoms with van der Waals surface area (Å²) in [5, 5.41) is 24.2. The van der Waals surface area contributed by atoms with Gasteiger partial charge in [-0.05, 0) is 67.0 Å². The minimum absolute atomic E-state index is 0.0365. The number of aromatic hydroxyl groups is 1. The molecule has 0 bridgehead atoms. The van der Waals surface area contributed by atoms with Gasteiger partial charge in [0.2, 0.25) is 11.0 Å². The molecule has 0 spiro atoms. The standard InChI is InChI=1S/C24H21ClN4OS/c1-15-7-8-16(2)20(13-15)26-24(31)28-27-22-19-5-3-4-6-21(19)29(23(22)30)14-17-9-11-18(25)12-10-17/h3-13,30H,14H2,1-2H3,(H,26,31). The van der Waals surface area contributed by atoms with Crippen LogP contribution in [0.1, 0.15) is 16.7 Å². The van der Waals surface area contributed by atoms with Crippen molar-refractivity contribution in [3.8, 4) is 5.88 Å². The number of hydrogen-bond donors (Lipinski definition) is 2. The number of nitrogens with zero attached hydrogens (tertiary/aromatic N) is 3. The molecule has 5 nitrogen and oxygen atoms in total. The number of hydrogen-bond acceptors (Lipinski definition) is 3. The van der Waals surface area contributed by atoms with E-state index in [0.717, 1.165) is 33.3 Å². The van der Waals surface area contributed by atoms with Crippen LogP contribution < -0.4 is 5.32 Å². The molecule has 1 aromatic heterocycles. The summed E-state index contributed by atoms with van der Waals surface area (Å²) >= 11 is 11.3. The van der Waals surface area contributed by atoms with Crippen molar-refractivity contribution in [2.24, 2.45) is 10.2 Å². The topological polar surface area (TPSA) is 61.9 Å². The molecule has 1 heterocycles. The Kier molecular flexibility index (Phi) is 6.02. The number of para-hydroxylation sites is 1. The van der Waals surface area contributed by atoms with E-state index in [4.69, 9.17) is 23.8 Å². The summed E-state index contributed by atoms with van der Waals surface area (Å²) in [5.41, 5.74) is 5.32. The molecule has 2 N–H and O–H groups in total. The van der Waals surface area contributed by atoms with E-state index in [0.29, 0.717) is 17.3 Å². The third-order valence-electron chi connectivity index (χ3n) is 5.05. The molecule has 0 radical (unpaired) electrons. The van der Waals surface area contributed by atoms with Gasteiger partial charge >= 0.3 is 0 Å². The van der Waals surface area contributed by atoms with Crippen LogP contribution in [0.3, 0.4) is 0 Å². The number of benzene rings is 3. The summed E-state index contributed by atoms with van der Waals surface area (Å²) in [7, 11) is 0. The molecule has 156 valence electrons. The summed E-state index contributed by atoms with van der Waals surface area (Å²) in [6.07, 6.45) is 0. The fraction of sp³-hybridized carbons (Fsp3) is 0.125. The van der Waals surface area contributed by atoms with Gasteiger partial charge in [0.05, 0.1) is 12.1 Å². The van der Waals surface area contributed by atoms with Crippen molar-refractivity contribution in [1.29, 1.82) is 0 Å². The predicted octanol–water partition coefficient (Wildman–Crippen LogP) is 7.15. The van der Waals surface area contributed by atoms with E-state index in [1.165, 1.54) is 0 Å². The molecule has 31 heavy (non-hydrogen) atoms. The predicted molar refractivity (Wildman–Crippen MR) is 131 cm³/mol. The first-order chi connectivity index (χ1) is 14.9. The van der Waals surface area contributed by atoms with E-state index in [1.807, 2.05) is 80.6 Å². The molecular weight excluding hydrogens is 428 g/mol. The van der Waals surface area contributed by atoms with Crippen LogP contribution in [0.2, 0.25) is 5.02 Å². The van der Waals surface area contributed by atoms with Crippen molar-refractivity contribution in [2.45, 2.75) is 20.4 Å². The van der Waals surface area contributed by atoms with Crippen LogP contribution >= 0.6 is 23.8 Å². The Morgan fingerprint density at radius 2 is 1.81 bits per heavy atom. The summed E-state index contributed by atoms with van der Waals surface area (Å²) in [4.78, 5) is 0. The minimum Gasteiger partial charge on any atom is -0.493 e. The van der Waals surface area contributed by atoms with Crippen LogP contribution in [-0.2, 0) is 6.54 Å². The fourth-order valence-electron chi connectivity index (χ4n) is 3.41. The third-order valence-corrected chi connectivity index (χ3v) is 5.48. The molecule has 0 aliphatic heterocycles. The van der Waals surface area contributed by atoms with Gasteiger partial charge < -0.3 is 15.0 Å². The number of aryl methyl sites for hydroxylation is 2. The molecule has 3 aromatic carbocycles. The van der Waals surface area contributed by atoms with Gasteiger partial charge in [-0.25, -0.2) is 0 Å². The summed E-state index contributed by atoms with van der Waals surface area (Å²) in [6.45, 7) is 4.49. The molecule has 7 heteroatoms. The van der Waals surface area contributed by atoms with E-state index < -0.39 is 0 Å². The van der Waals surface area contributed by atoms with Gasteiger partial charge in [0, 0.05) is 16.1 Å². The van der Waals surface area contributed by atoms with Crippen LogP contribution in [0.4, 0.5) is 11.4 Å². The second-order valence-electron chi connectivity index (χ2n) is 7.35. The van der Waals surface area contributed by atoms with E-state index >= 15 is 0 Å². The Balaban J connectivity index is 1.64. The highest BCUT2D eigenvalue weighted by molar-refractivity contribution is 7.80. The van der Waals surface area contributed by atoms with Crippen molar-refractivity contribution in [1.82, 2.24) is 4.57 Å². The van der Waals surface area contributed by atoms with Crippen molar-refractivity contribution >= 4 is 51.2 Å². The van der Waals surface area contributed by atoms with E-state index in [2.05, 4.69) is 15.5 Å². The van der Waals surface area contributed by atoms with Crippen LogP contribution in [0, 0.1) is 13.8 Å². The molecule has 0 aliphatic rings. The van der Waals surface area contributed by atoms with Crippen molar-refractivity contribution in [3.63, 3.8) is 0 Å². The van der Waals surface area contributed by atoms with E-state index in [1.54, 1.807) is 4.57 Å². The number of anilines is 1. The van der Waals surface area contributed by atoms with Crippen molar-refractivity contribution in [3.05, 3.63) is 88.4 Å². The lowest BCUT2D eigenvalue weighted by atomic mass is 10.1. The molecule has 0 atom stereocenters. The second-order valence-corrected chi connectivity index (χ2v) is 8.17. The Hall–Kier alpha value is -3.22. The average molecular weight is 449 g/mol. The highest BCUT2D eigenvalue weighted by Gasteiger charge is 2.17. The van der Waals surface area contributed by atoms with Gasteiger partial charge in [-0.15, -0.1) is 10.2 Å². The normalized spacial score (nSPS) is 11.3. The number of azo groups is 1. The van der Waals surface area contributed by atoms with Crippen LogP contribution in [0.25, 0.3) is 10.9 Å². The lowest BCUT2D eigenvalue weighted by molar-refractivity contribution is 0.429. The zero-order chi connectivity index (χ0) is 22.0. The number of rotatable bonds is 4.